The van der Waals surface area contributed by atoms with Crippen molar-refractivity contribution in [3.8, 4) is 0 Å². The van der Waals surface area contributed by atoms with Crippen molar-refractivity contribution in [1.29, 1.82) is 0 Å². The van der Waals surface area contributed by atoms with Crippen LogP contribution in [0.2, 0.25) is 0 Å². The molecule has 2 amide bonds. The van der Waals surface area contributed by atoms with Gasteiger partial charge in [0.05, 0.1) is 23.4 Å². The lowest BCUT2D eigenvalue weighted by molar-refractivity contribution is -0.384. The predicted octanol–water partition coefficient (Wildman–Crippen LogP) is 5.03. The van der Waals surface area contributed by atoms with Gasteiger partial charge in [-0.2, -0.15) is 0 Å². The zero-order chi connectivity index (χ0) is 30.8. The third-order valence-electron chi connectivity index (χ3n) is 7.47. The highest BCUT2D eigenvalue weighted by Crippen LogP contribution is 2.42. The number of primary amides is 1. The Morgan fingerprint density at radius 3 is 1.67 bits per heavy atom. The smallest absolute Gasteiger partial charge is 0.306 e. The number of ether oxygens (including phenoxy) is 1. The Morgan fingerprint density at radius 2 is 1.28 bits per heavy atom. The van der Waals surface area contributed by atoms with E-state index < -0.39 is 40.1 Å². The zero-order valence-corrected chi connectivity index (χ0v) is 23.7. The molecule has 43 heavy (non-hydrogen) atoms. The largest absolute Gasteiger partial charge is 0.466 e. The first-order valence-electron chi connectivity index (χ1n) is 13.9. The van der Waals surface area contributed by atoms with Crippen molar-refractivity contribution in [3.05, 3.63) is 148 Å². The van der Waals surface area contributed by atoms with E-state index in [1.807, 2.05) is 91.0 Å². The molecule has 0 unspecified atom stereocenters. The molecule has 3 N–H and O–H groups in total. The number of nitrogens with two attached hydrogens (primary N) is 1. The van der Waals surface area contributed by atoms with Crippen LogP contribution in [0.25, 0.3) is 0 Å². The standard InChI is InChI=1S/C34H33N3O6/c1-2-43-31(39)22-29(24-18-20-28(21-19-24)37(41)42)32(33(35)40)36-30(38)23-34(25-12-6-3-7-13-25,26-14-8-4-9-15-26)27-16-10-5-11-17-27/h3-21,29,32H,2,22-23H2,1H3,(H2,35,40)(H,36,38)/t29-,32+/m0/s1. The van der Waals surface area contributed by atoms with Crippen molar-refractivity contribution in [2.45, 2.75) is 37.1 Å². The highest BCUT2D eigenvalue weighted by molar-refractivity contribution is 5.89. The number of carbonyl (C=O) groups is 3. The van der Waals surface area contributed by atoms with Crippen molar-refractivity contribution in [3.63, 3.8) is 0 Å². The molecule has 4 aromatic rings. The minimum absolute atomic E-state index is 0.0821. The molecule has 9 nitrogen and oxygen atoms in total. The summed E-state index contributed by atoms with van der Waals surface area (Å²) in [7, 11) is 0. The summed E-state index contributed by atoms with van der Waals surface area (Å²) in [5.41, 5.74) is 7.78. The molecule has 0 aromatic heterocycles. The minimum Gasteiger partial charge on any atom is -0.466 e. The molecule has 2 atom stereocenters. The molecule has 220 valence electrons. The van der Waals surface area contributed by atoms with Crippen LogP contribution in [-0.2, 0) is 24.5 Å². The van der Waals surface area contributed by atoms with Gasteiger partial charge in [-0.1, -0.05) is 103 Å². The molecule has 0 aliphatic rings. The quantitative estimate of drug-likeness (QED) is 0.0985. The van der Waals surface area contributed by atoms with Gasteiger partial charge in [-0.3, -0.25) is 24.5 Å². The van der Waals surface area contributed by atoms with Gasteiger partial charge in [0, 0.05) is 24.5 Å². The maximum Gasteiger partial charge on any atom is 0.306 e. The summed E-state index contributed by atoms with van der Waals surface area (Å²) < 4.78 is 5.13. The van der Waals surface area contributed by atoms with E-state index in [9.17, 15) is 24.5 Å². The fourth-order valence-electron chi connectivity index (χ4n) is 5.48. The molecule has 0 bridgehead atoms. The lowest BCUT2D eigenvalue weighted by Crippen LogP contribution is -2.50. The molecule has 0 spiro atoms. The number of rotatable bonds is 13. The number of carbonyl (C=O) groups excluding carboxylic acids is 3. The summed E-state index contributed by atoms with van der Waals surface area (Å²) >= 11 is 0. The molecule has 4 aromatic carbocycles. The van der Waals surface area contributed by atoms with E-state index in [4.69, 9.17) is 10.5 Å². The van der Waals surface area contributed by atoms with Crippen molar-refractivity contribution >= 4 is 23.5 Å². The van der Waals surface area contributed by atoms with E-state index in [1.54, 1.807) is 6.92 Å². The van der Waals surface area contributed by atoms with E-state index in [-0.39, 0.29) is 25.1 Å². The van der Waals surface area contributed by atoms with Gasteiger partial charge in [0.2, 0.25) is 11.8 Å². The van der Waals surface area contributed by atoms with Gasteiger partial charge >= 0.3 is 5.97 Å². The van der Waals surface area contributed by atoms with Crippen molar-refractivity contribution < 1.29 is 24.0 Å². The summed E-state index contributed by atoms with van der Waals surface area (Å²) in [5, 5.41) is 14.0. The topological polar surface area (TPSA) is 142 Å². The molecule has 0 radical (unpaired) electrons. The molecule has 0 heterocycles. The Bertz CT molecular complexity index is 1450. The second-order valence-electron chi connectivity index (χ2n) is 10.1. The number of nitrogens with zero attached hydrogens (tertiary/aromatic N) is 1. The Kier molecular flexibility index (Phi) is 10.0. The average Bonchev–Trinajstić information content (AvgIpc) is 3.03. The SMILES string of the molecule is CCOC(=O)C[C@@H](c1ccc([N+](=O)[O-])cc1)[C@@H](NC(=O)CC(c1ccccc1)(c1ccccc1)c1ccccc1)C(N)=O. The van der Waals surface area contributed by atoms with Crippen LogP contribution in [0.1, 0.15) is 47.9 Å². The second-order valence-corrected chi connectivity index (χ2v) is 10.1. The number of esters is 1. The first kappa shape index (κ1) is 30.6. The Labute approximate surface area is 249 Å². The molecule has 0 aliphatic carbocycles. The minimum atomic E-state index is -1.31. The summed E-state index contributed by atoms with van der Waals surface area (Å²) in [6, 6.07) is 33.0. The Hall–Kier alpha value is -5.31. The van der Waals surface area contributed by atoms with Crippen LogP contribution in [0.4, 0.5) is 5.69 Å². The van der Waals surface area contributed by atoms with E-state index >= 15 is 0 Å². The first-order valence-corrected chi connectivity index (χ1v) is 13.9. The molecule has 4 rings (SSSR count). The summed E-state index contributed by atoms with van der Waals surface area (Å²) in [4.78, 5) is 50.2. The van der Waals surface area contributed by atoms with Gasteiger partial charge in [-0.25, -0.2) is 0 Å². The van der Waals surface area contributed by atoms with Gasteiger partial charge in [-0.05, 0) is 29.2 Å². The van der Waals surface area contributed by atoms with E-state index in [1.165, 1.54) is 24.3 Å². The van der Waals surface area contributed by atoms with Crippen molar-refractivity contribution in [2.24, 2.45) is 5.73 Å². The molecule has 0 fully saturated rings. The fraction of sp³-hybridized carbons (Fsp3) is 0.206. The van der Waals surface area contributed by atoms with Crippen LogP contribution in [0.15, 0.2) is 115 Å². The molecular weight excluding hydrogens is 546 g/mol. The lowest BCUT2D eigenvalue weighted by Gasteiger charge is -2.36. The highest BCUT2D eigenvalue weighted by Gasteiger charge is 2.40. The van der Waals surface area contributed by atoms with E-state index in [2.05, 4.69) is 5.32 Å². The lowest BCUT2D eigenvalue weighted by atomic mass is 9.67. The molecular formula is C34H33N3O6. The summed E-state index contributed by atoms with van der Waals surface area (Å²) in [6.07, 6.45) is -0.359. The van der Waals surface area contributed by atoms with Crippen LogP contribution in [0, 0.1) is 10.1 Å². The second kappa shape index (κ2) is 14.0. The maximum absolute atomic E-state index is 14.1. The van der Waals surface area contributed by atoms with Crippen LogP contribution in [-0.4, -0.2) is 35.4 Å². The fourth-order valence-corrected chi connectivity index (χ4v) is 5.48. The van der Waals surface area contributed by atoms with Gasteiger partial charge < -0.3 is 15.8 Å². The monoisotopic (exact) mass is 579 g/mol. The molecule has 0 aliphatic heterocycles. The van der Waals surface area contributed by atoms with E-state index in [0.29, 0.717) is 5.56 Å². The van der Waals surface area contributed by atoms with Crippen LogP contribution in [0.3, 0.4) is 0 Å². The number of non-ortho nitro benzene ring substituents is 1. The van der Waals surface area contributed by atoms with Crippen LogP contribution < -0.4 is 11.1 Å². The van der Waals surface area contributed by atoms with Gasteiger partial charge in [-0.15, -0.1) is 0 Å². The van der Waals surface area contributed by atoms with Gasteiger partial charge in [0.25, 0.3) is 5.69 Å². The molecule has 0 saturated carbocycles. The van der Waals surface area contributed by atoms with Crippen molar-refractivity contribution in [2.75, 3.05) is 6.61 Å². The van der Waals surface area contributed by atoms with Crippen LogP contribution >= 0.6 is 0 Å². The third-order valence-corrected chi connectivity index (χ3v) is 7.47. The number of hydrogen-bond acceptors (Lipinski definition) is 6. The van der Waals surface area contributed by atoms with Crippen molar-refractivity contribution in [1.82, 2.24) is 5.32 Å². The summed E-state index contributed by atoms with van der Waals surface area (Å²) in [6.45, 7) is 1.77. The normalized spacial score (nSPS) is 12.5. The Balaban J connectivity index is 1.77. The number of nitro groups is 1. The maximum atomic E-state index is 14.1. The molecule has 0 saturated heterocycles. The zero-order valence-electron chi connectivity index (χ0n) is 23.7. The predicted molar refractivity (Wildman–Crippen MR) is 162 cm³/mol. The number of hydrogen-bond donors (Lipinski definition) is 2. The number of amides is 2. The first-order chi connectivity index (χ1) is 20.8. The average molecular weight is 580 g/mol. The number of nitrogens with one attached hydrogen (secondary N) is 1. The summed E-state index contributed by atoms with van der Waals surface area (Å²) in [5.74, 6) is -2.86. The van der Waals surface area contributed by atoms with E-state index in [0.717, 1.165) is 16.7 Å². The Morgan fingerprint density at radius 1 is 0.814 bits per heavy atom. The van der Waals surface area contributed by atoms with Gasteiger partial charge in [0.1, 0.15) is 6.04 Å². The van der Waals surface area contributed by atoms with Crippen LogP contribution in [0.5, 0.6) is 0 Å². The number of nitro benzene ring substituents is 1. The third kappa shape index (κ3) is 7.13. The van der Waals surface area contributed by atoms with Gasteiger partial charge in [0.15, 0.2) is 0 Å². The molecule has 9 heteroatoms. The highest BCUT2D eigenvalue weighted by atomic mass is 16.6. The number of benzene rings is 4.